The molecular formula is C17H21ClN2O. The third-order valence-electron chi connectivity index (χ3n) is 3.41. The minimum absolute atomic E-state index is 0.182. The van der Waals surface area contributed by atoms with Crippen molar-refractivity contribution in [1.29, 1.82) is 0 Å². The van der Waals surface area contributed by atoms with Gasteiger partial charge in [-0.15, -0.1) is 0 Å². The van der Waals surface area contributed by atoms with Gasteiger partial charge in [0.2, 0.25) is 5.88 Å². The van der Waals surface area contributed by atoms with E-state index in [1.165, 1.54) is 11.1 Å². The largest absolute Gasteiger partial charge is 0.439 e. The summed E-state index contributed by atoms with van der Waals surface area (Å²) in [7, 11) is 0. The van der Waals surface area contributed by atoms with E-state index in [0.29, 0.717) is 16.9 Å². The Morgan fingerprint density at radius 1 is 1.00 bits per heavy atom. The summed E-state index contributed by atoms with van der Waals surface area (Å²) in [4.78, 5) is 8.89. The van der Waals surface area contributed by atoms with E-state index in [0.717, 1.165) is 11.3 Å². The Balaban J connectivity index is 2.43. The van der Waals surface area contributed by atoms with Crippen LogP contribution in [0.4, 0.5) is 0 Å². The van der Waals surface area contributed by atoms with Crippen LogP contribution in [-0.4, -0.2) is 9.97 Å². The van der Waals surface area contributed by atoms with Crippen molar-refractivity contribution in [2.75, 3.05) is 0 Å². The highest BCUT2D eigenvalue weighted by molar-refractivity contribution is 6.30. The molecule has 0 aliphatic heterocycles. The van der Waals surface area contributed by atoms with Gasteiger partial charge in [0.1, 0.15) is 16.7 Å². The van der Waals surface area contributed by atoms with Crippen molar-refractivity contribution in [3.63, 3.8) is 0 Å². The fourth-order valence-electron chi connectivity index (χ4n) is 1.79. The van der Waals surface area contributed by atoms with E-state index in [9.17, 15) is 0 Å². The molecule has 0 saturated heterocycles. The van der Waals surface area contributed by atoms with Gasteiger partial charge < -0.3 is 4.74 Å². The van der Waals surface area contributed by atoms with E-state index in [1.807, 2.05) is 45.9 Å². The zero-order chi connectivity index (χ0) is 15.8. The Kier molecular flexibility index (Phi) is 4.24. The zero-order valence-electron chi connectivity index (χ0n) is 13.4. The molecule has 0 N–H and O–H groups in total. The van der Waals surface area contributed by atoms with Crippen molar-refractivity contribution < 1.29 is 4.74 Å². The molecule has 0 aliphatic rings. The molecule has 1 aromatic heterocycles. The second-order valence-electron chi connectivity index (χ2n) is 6.37. The third kappa shape index (κ3) is 3.53. The number of aryl methyl sites for hydroxylation is 2. The van der Waals surface area contributed by atoms with Gasteiger partial charge in [0.15, 0.2) is 0 Å². The topological polar surface area (TPSA) is 35.0 Å². The second kappa shape index (κ2) is 5.64. The second-order valence-corrected chi connectivity index (χ2v) is 6.72. The van der Waals surface area contributed by atoms with Crippen molar-refractivity contribution in [3.8, 4) is 11.6 Å². The van der Waals surface area contributed by atoms with E-state index < -0.39 is 0 Å². The molecule has 0 unspecified atom stereocenters. The fraction of sp³-hybridized carbons (Fsp3) is 0.412. The van der Waals surface area contributed by atoms with E-state index in [-0.39, 0.29) is 5.41 Å². The molecule has 0 radical (unpaired) electrons. The van der Waals surface area contributed by atoms with Crippen LogP contribution in [0.2, 0.25) is 5.15 Å². The lowest BCUT2D eigenvalue weighted by molar-refractivity contribution is 0.441. The minimum atomic E-state index is -0.182. The van der Waals surface area contributed by atoms with Gasteiger partial charge in [0.05, 0.1) is 0 Å². The highest BCUT2D eigenvalue weighted by Gasteiger charge is 2.21. The normalized spacial score (nSPS) is 11.6. The Morgan fingerprint density at radius 3 is 2.24 bits per heavy atom. The van der Waals surface area contributed by atoms with Gasteiger partial charge in [-0.1, -0.05) is 38.4 Å². The molecule has 0 fully saturated rings. The average Bonchev–Trinajstić information content (AvgIpc) is 2.38. The molecule has 1 heterocycles. The van der Waals surface area contributed by atoms with Gasteiger partial charge in [0, 0.05) is 11.0 Å². The lowest BCUT2D eigenvalue weighted by atomic mass is 9.96. The van der Waals surface area contributed by atoms with Crippen LogP contribution in [0.3, 0.4) is 0 Å². The SMILES string of the molecule is Cc1ccc(Oc2nc(C(C)(C)C)nc(Cl)c2C)cc1C. The lowest BCUT2D eigenvalue weighted by Gasteiger charge is -2.19. The predicted octanol–water partition coefficient (Wildman–Crippen LogP) is 5.15. The molecule has 2 aromatic rings. The number of aromatic nitrogens is 2. The number of nitrogens with zero attached hydrogens (tertiary/aromatic N) is 2. The summed E-state index contributed by atoms with van der Waals surface area (Å²) in [5.41, 5.74) is 2.98. The smallest absolute Gasteiger partial charge is 0.227 e. The highest BCUT2D eigenvalue weighted by atomic mass is 35.5. The minimum Gasteiger partial charge on any atom is -0.439 e. The highest BCUT2D eigenvalue weighted by Crippen LogP contribution is 2.31. The average molecular weight is 305 g/mol. The molecule has 0 amide bonds. The third-order valence-corrected chi connectivity index (χ3v) is 3.77. The van der Waals surface area contributed by atoms with Crippen LogP contribution < -0.4 is 4.74 Å². The summed E-state index contributed by atoms with van der Waals surface area (Å²) in [6.45, 7) is 12.1. The first-order valence-electron chi connectivity index (χ1n) is 6.98. The van der Waals surface area contributed by atoms with Crippen molar-refractivity contribution >= 4 is 11.6 Å². The van der Waals surface area contributed by atoms with Gasteiger partial charge in [-0.05, 0) is 44.0 Å². The van der Waals surface area contributed by atoms with Crippen LogP contribution in [0.15, 0.2) is 18.2 Å². The summed E-state index contributed by atoms with van der Waals surface area (Å²) in [6.07, 6.45) is 0. The van der Waals surface area contributed by atoms with Crippen LogP contribution in [0, 0.1) is 20.8 Å². The molecule has 1 aromatic carbocycles. The number of rotatable bonds is 2. The monoisotopic (exact) mass is 304 g/mol. The Morgan fingerprint density at radius 2 is 1.67 bits per heavy atom. The molecule has 3 nitrogen and oxygen atoms in total. The summed E-state index contributed by atoms with van der Waals surface area (Å²) in [5.74, 6) is 1.95. The van der Waals surface area contributed by atoms with Gasteiger partial charge in [-0.2, -0.15) is 4.98 Å². The maximum absolute atomic E-state index is 6.22. The van der Waals surface area contributed by atoms with Crippen molar-refractivity contribution in [1.82, 2.24) is 9.97 Å². The van der Waals surface area contributed by atoms with Gasteiger partial charge in [0.25, 0.3) is 0 Å². The van der Waals surface area contributed by atoms with Crippen LogP contribution in [0.5, 0.6) is 11.6 Å². The van der Waals surface area contributed by atoms with Crippen LogP contribution in [0.1, 0.15) is 43.3 Å². The molecule has 0 aliphatic carbocycles. The Hall–Kier alpha value is -1.61. The molecule has 0 spiro atoms. The molecule has 4 heteroatoms. The zero-order valence-corrected chi connectivity index (χ0v) is 14.2. The molecular weight excluding hydrogens is 284 g/mol. The van der Waals surface area contributed by atoms with Crippen molar-refractivity contribution in [3.05, 3.63) is 45.9 Å². The van der Waals surface area contributed by atoms with Crippen molar-refractivity contribution in [2.45, 2.75) is 47.0 Å². The maximum Gasteiger partial charge on any atom is 0.227 e. The van der Waals surface area contributed by atoms with E-state index >= 15 is 0 Å². The summed E-state index contributed by atoms with van der Waals surface area (Å²) in [5, 5.41) is 0.439. The number of ether oxygens (including phenoxy) is 1. The van der Waals surface area contributed by atoms with E-state index in [4.69, 9.17) is 16.3 Å². The number of hydrogen-bond donors (Lipinski definition) is 0. The fourth-order valence-corrected chi connectivity index (χ4v) is 1.95. The summed E-state index contributed by atoms with van der Waals surface area (Å²) in [6, 6.07) is 5.98. The number of benzene rings is 1. The summed E-state index contributed by atoms with van der Waals surface area (Å²) < 4.78 is 5.93. The molecule has 112 valence electrons. The molecule has 0 saturated carbocycles. The molecule has 21 heavy (non-hydrogen) atoms. The van der Waals surface area contributed by atoms with E-state index in [1.54, 1.807) is 0 Å². The van der Waals surface area contributed by atoms with E-state index in [2.05, 4.69) is 23.8 Å². The summed E-state index contributed by atoms with van der Waals surface area (Å²) >= 11 is 6.22. The number of hydrogen-bond acceptors (Lipinski definition) is 3. The van der Waals surface area contributed by atoms with Gasteiger partial charge >= 0.3 is 0 Å². The van der Waals surface area contributed by atoms with Crippen LogP contribution >= 0.6 is 11.6 Å². The van der Waals surface area contributed by atoms with Gasteiger partial charge in [-0.25, -0.2) is 4.98 Å². The maximum atomic E-state index is 6.22. The first-order valence-corrected chi connectivity index (χ1v) is 7.36. The first kappa shape index (κ1) is 15.8. The lowest BCUT2D eigenvalue weighted by Crippen LogP contribution is -2.17. The number of halogens is 1. The Bertz CT molecular complexity index is 675. The predicted molar refractivity (Wildman–Crippen MR) is 86.5 cm³/mol. The molecule has 0 bridgehead atoms. The standard InChI is InChI=1S/C17H21ClN2O/c1-10-7-8-13(9-11(10)2)21-15-12(3)14(18)19-16(20-15)17(4,5)6/h7-9H,1-6H3. The first-order chi connectivity index (χ1) is 9.68. The molecule has 2 rings (SSSR count). The quantitative estimate of drug-likeness (QED) is 0.720. The molecule has 0 atom stereocenters. The van der Waals surface area contributed by atoms with Crippen molar-refractivity contribution in [2.24, 2.45) is 0 Å². The Labute approximate surface area is 131 Å². The van der Waals surface area contributed by atoms with Gasteiger partial charge in [-0.3, -0.25) is 0 Å². The van der Waals surface area contributed by atoms with Crippen LogP contribution in [-0.2, 0) is 5.41 Å². The van der Waals surface area contributed by atoms with Crippen LogP contribution in [0.25, 0.3) is 0 Å².